The van der Waals surface area contributed by atoms with Gasteiger partial charge in [0, 0.05) is 21.8 Å². The Morgan fingerprint density at radius 2 is 1.90 bits per heavy atom. The van der Waals surface area contributed by atoms with Gasteiger partial charge in [-0.3, -0.25) is 4.90 Å². The second-order valence-corrected chi connectivity index (χ2v) is 7.32. The third-order valence-electron chi connectivity index (χ3n) is 3.97. The molecule has 0 aromatic carbocycles. The first kappa shape index (κ1) is 17.7. The van der Waals surface area contributed by atoms with Crippen molar-refractivity contribution >= 4 is 11.3 Å². The predicted molar refractivity (Wildman–Crippen MR) is 91.4 cm³/mol. The smallest absolute Gasteiger partial charge is 0.0595 e. The molecule has 2 atom stereocenters. The predicted octanol–water partition coefficient (Wildman–Crippen LogP) is 4.74. The molecule has 116 valence electrons. The Kier molecular flexibility index (Phi) is 7.78. The number of nitrogens with zero attached hydrogens (tertiary/aromatic N) is 1. The average molecular weight is 297 g/mol. The first-order valence-corrected chi connectivity index (χ1v) is 8.90. The van der Waals surface area contributed by atoms with Crippen molar-refractivity contribution < 1.29 is 0 Å². The molecule has 0 fully saturated rings. The van der Waals surface area contributed by atoms with Gasteiger partial charge in [0.1, 0.15) is 0 Å². The lowest BCUT2D eigenvalue weighted by atomic mass is 10.0. The van der Waals surface area contributed by atoms with Crippen LogP contribution in [0.25, 0.3) is 0 Å². The number of hydrogen-bond acceptors (Lipinski definition) is 3. The van der Waals surface area contributed by atoms with Crippen LogP contribution in [0, 0.1) is 6.92 Å². The molecule has 1 aromatic rings. The van der Waals surface area contributed by atoms with Crippen LogP contribution < -0.4 is 5.73 Å². The van der Waals surface area contributed by atoms with Crippen molar-refractivity contribution in [3.8, 4) is 0 Å². The molecule has 0 spiro atoms. The van der Waals surface area contributed by atoms with E-state index in [1.54, 1.807) is 0 Å². The number of nitrogens with two attached hydrogens (primary N) is 1. The summed E-state index contributed by atoms with van der Waals surface area (Å²) in [6, 6.07) is 5.62. The van der Waals surface area contributed by atoms with Gasteiger partial charge in [0.05, 0.1) is 6.04 Å². The fraction of sp³-hybridized carbons (Fsp3) is 0.765. The number of aryl methyl sites for hydroxylation is 1. The van der Waals surface area contributed by atoms with E-state index in [1.165, 1.54) is 29.0 Å². The summed E-state index contributed by atoms with van der Waals surface area (Å²) >= 11 is 1.90. The minimum Gasteiger partial charge on any atom is -0.326 e. The lowest BCUT2D eigenvalue weighted by molar-refractivity contribution is 0.129. The molecule has 0 bridgehead atoms. The molecule has 0 aliphatic heterocycles. The van der Waals surface area contributed by atoms with Crippen molar-refractivity contribution in [3.63, 3.8) is 0 Å². The third-order valence-corrected chi connectivity index (χ3v) is 5.04. The molecule has 3 heteroatoms. The maximum atomic E-state index is 6.47. The summed E-state index contributed by atoms with van der Waals surface area (Å²) in [6.07, 6.45) is 4.87. The molecule has 0 radical (unpaired) electrons. The molecule has 0 saturated heterocycles. The van der Waals surface area contributed by atoms with Crippen molar-refractivity contribution in [1.29, 1.82) is 0 Å². The highest BCUT2D eigenvalue weighted by Gasteiger charge is 2.28. The van der Waals surface area contributed by atoms with Crippen LogP contribution in [0.3, 0.4) is 0 Å². The molecule has 1 rings (SSSR count). The van der Waals surface area contributed by atoms with Crippen molar-refractivity contribution in [3.05, 3.63) is 21.9 Å². The van der Waals surface area contributed by atoms with Gasteiger partial charge in [-0.1, -0.05) is 26.7 Å². The Labute approximate surface area is 129 Å². The van der Waals surface area contributed by atoms with Crippen LogP contribution in [0.5, 0.6) is 0 Å². The maximum absolute atomic E-state index is 6.47. The average Bonchev–Trinajstić information content (AvgIpc) is 2.83. The third kappa shape index (κ3) is 4.87. The van der Waals surface area contributed by atoms with Crippen molar-refractivity contribution in [2.45, 2.75) is 78.4 Å². The van der Waals surface area contributed by atoms with Crippen LogP contribution in [0.4, 0.5) is 0 Å². The van der Waals surface area contributed by atoms with Gasteiger partial charge >= 0.3 is 0 Å². The second-order valence-electron chi connectivity index (χ2n) is 6.00. The Morgan fingerprint density at radius 3 is 2.35 bits per heavy atom. The zero-order valence-electron chi connectivity index (χ0n) is 13.9. The van der Waals surface area contributed by atoms with Crippen LogP contribution >= 0.6 is 11.3 Å². The summed E-state index contributed by atoms with van der Waals surface area (Å²) in [5.41, 5.74) is 6.47. The van der Waals surface area contributed by atoms with E-state index in [0.717, 1.165) is 13.0 Å². The zero-order valence-corrected chi connectivity index (χ0v) is 14.7. The summed E-state index contributed by atoms with van der Waals surface area (Å²) in [6.45, 7) is 12.4. The topological polar surface area (TPSA) is 29.3 Å². The summed E-state index contributed by atoms with van der Waals surface area (Å²) in [5.74, 6) is 0. The molecule has 2 N–H and O–H groups in total. The van der Waals surface area contributed by atoms with Crippen molar-refractivity contribution in [2.24, 2.45) is 5.73 Å². The van der Waals surface area contributed by atoms with E-state index in [1.807, 2.05) is 11.3 Å². The highest BCUT2D eigenvalue weighted by atomic mass is 32.1. The highest BCUT2D eigenvalue weighted by Crippen LogP contribution is 2.32. The number of unbranched alkanes of at least 4 members (excludes halogenated alkanes) is 2. The molecule has 20 heavy (non-hydrogen) atoms. The fourth-order valence-electron chi connectivity index (χ4n) is 2.72. The lowest BCUT2D eigenvalue weighted by Gasteiger charge is -2.37. The van der Waals surface area contributed by atoms with Crippen LogP contribution in [-0.2, 0) is 0 Å². The molecule has 0 saturated carbocycles. The van der Waals surface area contributed by atoms with Gasteiger partial charge < -0.3 is 5.73 Å². The van der Waals surface area contributed by atoms with E-state index >= 15 is 0 Å². The summed E-state index contributed by atoms with van der Waals surface area (Å²) in [4.78, 5) is 5.42. The lowest BCUT2D eigenvalue weighted by Crippen LogP contribution is -2.44. The molecule has 0 aliphatic rings. The Morgan fingerprint density at radius 1 is 1.20 bits per heavy atom. The maximum Gasteiger partial charge on any atom is 0.0595 e. The van der Waals surface area contributed by atoms with E-state index in [4.69, 9.17) is 5.73 Å². The SMILES string of the molecule is CCCCCN(C(C)C)C(c1ccc(C)s1)C(N)CC. The molecule has 1 aromatic heterocycles. The van der Waals surface area contributed by atoms with Crippen LogP contribution in [0.1, 0.15) is 69.2 Å². The molecule has 2 nitrogen and oxygen atoms in total. The molecular formula is C17H32N2S. The second kappa shape index (κ2) is 8.81. The largest absolute Gasteiger partial charge is 0.326 e. The van der Waals surface area contributed by atoms with Gasteiger partial charge in [-0.2, -0.15) is 0 Å². The molecule has 1 heterocycles. The van der Waals surface area contributed by atoms with Crippen molar-refractivity contribution in [1.82, 2.24) is 4.90 Å². The van der Waals surface area contributed by atoms with Crippen LogP contribution in [0.15, 0.2) is 12.1 Å². The first-order valence-electron chi connectivity index (χ1n) is 8.08. The minimum absolute atomic E-state index is 0.220. The quantitative estimate of drug-likeness (QED) is 0.667. The Bertz CT molecular complexity index is 373. The molecule has 2 unspecified atom stereocenters. The van der Waals surface area contributed by atoms with Gasteiger partial charge in [-0.25, -0.2) is 0 Å². The van der Waals surface area contributed by atoms with E-state index in [9.17, 15) is 0 Å². The summed E-state index contributed by atoms with van der Waals surface area (Å²) in [5, 5.41) is 0. The van der Waals surface area contributed by atoms with Gasteiger partial charge in [0.2, 0.25) is 0 Å². The minimum atomic E-state index is 0.220. The Balaban J connectivity index is 2.93. The van der Waals surface area contributed by atoms with Crippen molar-refractivity contribution in [2.75, 3.05) is 6.54 Å². The van der Waals surface area contributed by atoms with E-state index < -0.39 is 0 Å². The van der Waals surface area contributed by atoms with Gasteiger partial charge in [0.25, 0.3) is 0 Å². The number of thiophene rings is 1. The normalized spacial score (nSPS) is 15.0. The van der Waals surface area contributed by atoms with Gasteiger partial charge in [-0.05, 0) is 52.3 Å². The van der Waals surface area contributed by atoms with Gasteiger partial charge in [0.15, 0.2) is 0 Å². The van der Waals surface area contributed by atoms with E-state index in [-0.39, 0.29) is 6.04 Å². The monoisotopic (exact) mass is 296 g/mol. The molecule has 0 aliphatic carbocycles. The zero-order chi connectivity index (χ0) is 15.1. The molecule has 0 amide bonds. The Hall–Kier alpha value is -0.380. The molecular weight excluding hydrogens is 264 g/mol. The van der Waals surface area contributed by atoms with Crippen LogP contribution in [0.2, 0.25) is 0 Å². The van der Waals surface area contributed by atoms with E-state index in [0.29, 0.717) is 12.1 Å². The summed E-state index contributed by atoms with van der Waals surface area (Å²) in [7, 11) is 0. The van der Waals surface area contributed by atoms with Gasteiger partial charge in [-0.15, -0.1) is 11.3 Å². The standard InChI is InChI=1S/C17H32N2S/c1-6-8-9-12-19(13(3)4)17(15(18)7-2)16-11-10-14(5)20-16/h10-11,13,15,17H,6-9,12,18H2,1-5H3. The number of rotatable bonds is 9. The first-order chi connectivity index (χ1) is 9.51. The van der Waals surface area contributed by atoms with E-state index in [2.05, 4.69) is 51.7 Å². The fourth-order valence-corrected chi connectivity index (χ4v) is 3.79. The highest BCUT2D eigenvalue weighted by molar-refractivity contribution is 7.12. The number of hydrogen-bond donors (Lipinski definition) is 1. The summed E-state index contributed by atoms with van der Waals surface area (Å²) < 4.78 is 0. The van der Waals surface area contributed by atoms with Crippen LogP contribution in [-0.4, -0.2) is 23.5 Å².